The van der Waals surface area contributed by atoms with Crippen LogP contribution in [0.15, 0.2) is 0 Å². The Kier molecular flexibility index (Phi) is 7.04. The predicted octanol–water partition coefficient (Wildman–Crippen LogP) is 0.774. The van der Waals surface area contributed by atoms with Crippen molar-refractivity contribution in [2.45, 2.75) is 21.3 Å². The average Bonchev–Trinajstić information content (AvgIpc) is 3.13. The van der Waals surface area contributed by atoms with Crippen molar-refractivity contribution >= 4 is 70.9 Å². The first-order valence-corrected chi connectivity index (χ1v) is 15.7. The van der Waals surface area contributed by atoms with E-state index in [0.717, 1.165) is 19.5 Å². The van der Waals surface area contributed by atoms with Gasteiger partial charge in [0.05, 0.1) is 0 Å². The maximum absolute atomic E-state index is 14.7. The molecule has 0 unspecified atom stereocenters. The van der Waals surface area contributed by atoms with Crippen LogP contribution in [0.1, 0.15) is 38.5 Å². The van der Waals surface area contributed by atoms with Crippen LogP contribution in [0, 0.1) is 11.6 Å². The molecule has 0 amide bonds. The van der Waals surface area contributed by atoms with Crippen LogP contribution in [0.3, 0.4) is 0 Å². The van der Waals surface area contributed by atoms with Gasteiger partial charge in [-0.05, 0) is 0 Å². The molecule has 0 spiro atoms. The fourth-order valence-corrected chi connectivity index (χ4v) is 14.6. The van der Waals surface area contributed by atoms with Gasteiger partial charge in [0.2, 0.25) is 0 Å². The normalized spacial score (nSPS) is 14.3. The molecule has 0 N–H and O–H groups in total. The summed E-state index contributed by atoms with van der Waals surface area (Å²) in [7, 11) is 2.53. The Morgan fingerprint density at radius 3 is 1.54 bits per heavy atom. The van der Waals surface area contributed by atoms with E-state index in [1.165, 1.54) is 14.2 Å². The summed E-state index contributed by atoms with van der Waals surface area (Å²) in [5.41, 5.74) is 1.30. The number of ether oxygens (including phenoxy) is 2. The second-order valence-corrected chi connectivity index (χ2v) is 14.0. The number of esters is 2. The molecule has 0 saturated heterocycles. The SMILES string of the molecule is COC(=O)c1[se]c2c(c1F)C[Se]Cc1c([se]c(C(=O)OC)c1F)C[Se]C2. The zero-order chi connectivity index (χ0) is 18.8. The van der Waals surface area contributed by atoms with Crippen LogP contribution in [0.25, 0.3) is 0 Å². The molecule has 3 rings (SSSR count). The monoisotopic (exact) mass is 628 g/mol. The molecule has 4 nitrogen and oxygen atoms in total. The van der Waals surface area contributed by atoms with Gasteiger partial charge in [0.15, 0.2) is 0 Å². The first-order valence-electron chi connectivity index (χ1n) is 7.40. The third-order valence-electron chi connectivity index (χ3n) is 3.75. The first kappa shape index (κ1) is 20.6. The number of rotatable bonds is 2. The van der Waals surface area contributed by atoms with Crippen molar-refractivity contribution in [3.8, 4) is 0 Å². The van der Waals surface area contributed by atoms with Crippen molar-refractivity contribution in [3.05, 3.63) is 40.5 Å². The molecule has 0 aliphatic carbocycles. The van der Waals surface area contributed by atoms with Gasteiger partial charge in [-0.15, -0.1) is 0 Å². The molecule has 3 heterocycles. The van der Waals surface area contributed by atoms with E-state index in [4.69, 9.17) is 9.47 Å². The number of carbonyl (C=O) groups excluding carboxylic acids is 2. The van der Waals surface area contributed by atoms with Crippen LogP contribution >= 0.6 is 0 Å². The second-order valence-electron chi connectivity index (χ2n) is 5.26. The van der Waals surface area contributed by atoms with Gasteiger partial charge >= 0.3 is 175 Å². The molecule has 0 radical (unpaired) electrons. The Morgan fingerprint density at radius 1 is 0.769 bits per heavy atom. The zero-order valence-corrected chi connectivity index (χ0v) is 20.7. The summed E-state index contributed by atoms with van der Waals surface area (Å²) in [4.78, 5) is 23.6. The summed E-state index contributed by atoms with van der Waals surface area (Å²) < 4.78 is 41.2. The second kappa shape index (κ2) is 8.89. The fraction of sp³-hybridized carbons (Fsp3) is 0.375. The van der Waals surface area contributed by atoms with E-state index < -0.39 is 23.6 Å². The Balaban J connectivity index is 1.89. The van der Waals surface area contributed by atoms with Crippen molar-refractivity contribution in [1.82, 2.24) is 0 Å². The van der Waals surface area contributed by atoms with E-state index in [-0.39, 0.29) is 67.8 Å². The summed E-state index contributed by atoms with van der Waals surface area (Å²) in [6.07, 6.45) is 0. The predicted molar refractivity (Wildman–Crippen MR) is 95.7 cm³/mol. The molecule has 2 aromatic heterocycles. The quantitative estimate of drug-likeness (QED) is 0.367. The van der Waals surface area contributed by atoms with Crippen LogP contribution in [0.2, 0.25) is 0 Å². The van der Waals surface area contributed by atoms with Crippen molar-refractivity contribution in [2.75, 3.05) is 14.2 Å². The summed E-state index contributed by atoms with van der Waals surface area (Å²) in [6.45, 7) is 0. The van der Waals surface area contributed by atoms with Crippen LogP contribution in [0.5, 0.6) is 0 Å². The maximum atomic E-state index is 14.7. The molecule has 2 aromatic rings. The molecule has 140 valence electrons. The fourth-order valence-electron chi connectivity index (χ4n) is 2.44. The topological polar surface area (TPSA) is 52.6 Å². The van der Waals surface area contributed by atoms with Crippen LogP contribution in [0.4, 0.5) is 8.78 Å². The van der Waals surface area contributed by atoms with Gasteiger partial charge in [-0.3, -0.25) is 0 Å². The van der Waals surface area contributed by atoms with Gasteiger partial charge in [-0.1, -0.05) is 0 Å². The van der Waals surface area contributed by atoms with Crippen molar-refractivity contribution in [1.29, 1.82) is 0 Å². The number of carbonyl (C=O) groups is 2. The van der Waals surface area contributed by atoms with E-state index in [1.54, 1.807) is 0 Å². The molecule has 26 heavy (non-hydrogen) atoms. The number of methoxy groups -OCH3 is 2. The molecular weight excluding hydrogens is 610 g/mol. The van der Waals surface area contributed by atoms with Crippen molar-refractivity contribution in [3.63, 3.8) is 0 Å². The number of halogens is 2. The molecule has 10 heteroatoms. The standard InChI is InChI=1S/C16H14F2O4Se4/c1-21-15(19)13-11(17)7-3-23-4-8-10(6-24-5-9(7)25-13)26-14(12(8)18)16(20)22-2/h3-6H2,1-2H3. The summed E-state index contributed by atoms with van der Waals surface area (Å²) >= 11 is -0.527. The van der Waals surface area contributed by atoms with E-state index in [2.05, 4.69) is 0 Å². The summed E-state index contributed by atoms with van der Waals surface area (Å²) in [6, 6.07) is 0. The Morgan fingerprint density at radius 2 is 1.15 bits per heavy atom. The number of hydrogen-bond donors (Lipinski definition) is 0. The number of hydrogen-bond acceptors (Lipinski definition) is 4. The van der Waals surface area contributed by atoms with E-state index in [9.17, 15) is 18.4 Å². The Labute approximate surface area is 173 Å². The molecular formula is C16H14F2O4Se4. The van der Waals surface area contributed by atoms with Crippen LogP contribution in [-0.4, -0.2) is 85.1 Å². The molecule has 1 aliphatic rings. The van der Waals surface area contributed by atoms with Gasteiger partial charge < -0.3 is 0 Å². The van der Waals surface area contributed by atoms with Gasteiger partial charge in [0.25, 0.3) is 0 Å². The van der Waals surface area contributed by atoms with Gasteiger partial charge in [-0.25, -0.2) is 0 Å². The van der Waals surface area contributed by atoms with Crippen LogP contribution in [-0.2, 0) is 30.8 Å². The van der Waals surface area contributed by atoms with Gasteiger partial charge in [-0.2, -0.15) is 0 Å². The minimum absolute atomic E-state index is 0.0382. The zero-order valence-electron chi connectivity index (χ0n) is 13.9. The number of fused-ring (bicyclic) bond motifs is 2. The van der Waals surface area contributed by atoms with E-state index in [0.29, 0.717) is 21.8 Å². The first-order chi connectivity index (χ1) is 12.5. The molecule has 0 atom stereocenters. The Hall–Kier alpha value is -0.162. The molecule has 1 aliphatic heterocycles. The third-order valence-corrected chi connectivity index (χ3v) is 14.7. The summed E-state index contributed by atoms with van der Waals surface area (Å²) in [5, 5.41) is 2.59. The third kappa shape index (κ3) is 3.99. The van der Waals surface area contributed by atoms with Crippen molar-refractivity contribution in [2.24, 2.45) is 0 Å². The minimum atomic E-state index is -0.578. The Bertz CT molecular complexity index is 791. The van der Waals surface area contributed by atoms with Crippen molar-refractivity contribution < 1.29 is 27.8 Å². The van der Waals surface area contributed by atoms with E-state index in [1.807, 2.05) is 0 Å². The van der Waals surface area contributed by atoms with Gasteiger partial charge in [0.1, 0.15) is 0 Å². The molecule has 0 bridgehead atoms. The van der Waals surface area contributed by atoms with Crippen LogP contribution < -0.4 is 0 Å². The molecule has 0 fully saturated rings. The molecule has 0 saturated carbocycles. The molecule has 0 aromatic carbocycles. The summed E-state index contributed by atoms with van der Waals surface area (Å²) in [5.74, 6) is -1.99. The van der Waals surface area contributed by atoms with Gasteiger partial charge in [0, 0.05) is 0 Å². The van der Waals surface area contributed by atoms with E-state index >= 15 is 0 Å². The average molecular weight is 624 g/mol.